The first-order valence-corrected chi connectivity index (χ1v) is 22.6. The summed E-state index contributed by atoms with van der Waals surface area (Å²) in [6, 6.07) is 22.2. The number of nitrogens with zero attached hydrogens (tertiary/aromatic N) is 1. The number of hydrogen-bond donors (Lipinski definition) is 2. The van der Waals surface area contributed by atoms with E-state index in [2.05, 4.69) is 184 Å². The molecule has 322 valence electrons. The lowest BCUT2D eigenvalue weighted by Gasteiger charge is -2.26. The summed E-state index contributed by atoms with van der Waals surface area (Å²) in [5.41, 5.74) is 17.8. The molecule has 4 heteroatoms. The maximum absolute atomic E-state index is 12.7. The van der Waals surface area contributed by atoms with Crippen molar-refractivity contribution in [1.29, 1.82) is 0 Å². The minimum absolute atomic E-state index is 0.249. The molecule has 0 aliphatic rings. The van der Waals surface area contributed by atoms with Crippen LogP contribution in [-0.2, 0) is 0 Å². The van der Waals surface area contributed by atoms with Gasteiger partial charge < -0.3 is 19.8 Å². The van der Waals surface area contributed by atoms with Crippen molar-refractivity contribution in [2.75, 3.05) is 27.2 Å². The number of hydrogen-bond acceptors (Lipinski definition) is 4. The average Bonchev–Trinajstić information content (AvgIpc) is 3.16. The molecule has 0 amide bonds. The highest BCUT2D eigenvalue weighted by molar-refractivity contribution is 5.94. The molecular weight excluding hydrogens is 735 g/mol. The van der Waals surface area contributed by atoms with Crippen LogP contribution in [0.25, 0.3) is 44.5 Å². The van der Waals surface area contributed by atoms with Crippen LogP contribution in [0.2, 0.25) is 0 Å². The van der Waals surface area contributed by atoms with Gasteiger partial charge in [0.15, 0.2) is 0 Å². The minimum Gasteiger partial charge on any atom is -0.507 e. The molecule has 2 N–H and O–H groups in total. The summed E-state index contributed by atoms with van der Waals surface area (Å²) in [5.74, 6) is 2.98. The topological polar surface area (TPSA) is 52.9 Å². The number of aromatic hydroxyl groups is 2. The Kier molecular flexibility index (Phi) is 14.7. The maximum atomic E-state index is 12.7. The van der Waals surface area contributed by atoms with Gasteiger partial charge in [0.2, 0.25) is 0 Å². The Bertz CT molecular complexity index is 2110. The van der Waals surface area contributed by atoms with Crippen LogP contribution in [0.15, 0.2) is 60.7 Å². The summed E-state index contributed by atoms with van der Waals surface area (Å²) in [5, 5.41) is 25.5. The van der Waals surface area contributed by atoms with Gasteiger partial charge in [-0.15, -0.1) is 0 Å². The third-order valence-electron chi connectivity index (χ3n) is 12.1. The molecule has 4 nitrogen and oxygen atoms in total. The number of benzene rings is 5. The van der Waals surface area contributed by atoms with Crippen LogP contribution >= 0.6 is 0 Å². The minimum atomic E-state index is 0.249. The first kappa shape index (κ1) is 46.5. The molecule has 5 aromatic carbocycles. The van der Waals surface area contributed by atoms with Gasteiger partial charge in [0, 0.05) is 39.9 Å². The van der Waals surface area contributed by atoms with Gasteiger partial charge in [-0.3, -0.25) is 0 Å². The Morgan fingerprint density at radius 2 is 0.733 bits per heavy atom. The summed E-state index contributed by atoms with van der Waals surface area (Å²) >= 11 is 0. The largest absolute Gasteiger partial charge is 0.507 e. The molecule has 0 saturated heterocycles. The van der Waals surface area contributed by atoms with Crippen molar-refractivity contribution in [1.82, 2.24) is 4.90 Å². The number of phenols is 2. The fourth-order valence-corrected chi connectivity index (χ4v) is 8.77. The van der Waals surface area contributed by atoms with Gasteiger partial charge in [-0.25, -0.2) is 0 Å². The molecule has 0 fully saturated rings. The second kappa shape index (κ2) is 19.0. The Morgan fingerprint density at radius 3 is 1.02 bits per heavy atom. The second-order valence-corrected chi connectivity index (χ2v) is 19.7. The van der Waals surface area contributed by atoms with Crippen LogP contribution in [0.4, 0.5) is 0 Å². The van der Waals surface area contributed by atoms with Crippen molar-refractivity contribution >= 4 is 0 Å². The molecule has 0 unspecified atom stereocenters. The molecule has 5 rings (SSSR count). The lowest BCUT2D eigenvalue weighted by Crippen LogP contribution is -2.15. The van der Waals surface area contributed by atoms with Crippen LogP contribution in [0.1, 0.15) is 175 Å². The third-order valence-corrected chi connectivity index (χ3v) is 12.1. The number of ether oxygens (including phenoxy) is 1. The van der Waals surface area contributed by atoms with Crippen molar-refractivity contribution in [3.05, 3.63) is 111 Å². The predicted molar refractivity (Wildman–Crippen MR) is 259 cm³/mol. The van der Waals surface area contributed by atoms with Gasteiger partial charge in [-0.2, -0.15) is 0 Å². The van der Waals surface area contributed by atoms with Crippen molar-refractivity contribution < 1.29 is 14.9 Å². The number of aryl methyl sites for hydroxylation is 3. The van der Waals surface area contributed by atoms with Crippen LogP contribution in [0.5, 0.6) is 17.2 Å². The zero-order chi connectivity index (χ0) is 44.5. The van der Waals surface area contributed by atoms with Crippen LogP contribution in [0, 0.1) is 20.8 Å². The van der Waals surface area contributed by atoms with E-state index in [0.29, 0.717) is 24.2 Å². The first-order valence-electron chi connectivity index (χ1n) is 22.6. The van der Waals surface area contributed by atoms with E-state index >= 15 is 0 Å². The number of rotatable bonds is 15. The SMILES string of the molecule is Cc1cc(-c2cc(C)cc(-c3cc(C)cc(-c4c(C(C)C)cc(C(C)C)cc4C(C)C)c3O)c2OCCCN(C)C)c(O)c(-c2c(C(C)C)cc(C(C)C)cc2C(C)C)c1. The predicted octanol–water partition coefficient (Wildman–Crippen LogP) is 15.8. The van der Waals surface area contributed by atoms with Gasteiger partial charge in [-0.1, -0.05) is 107 Å². The van der Waals surface area contributed by atoms with E-state index in [-0.39, 0.29) is 35.2 Å². The van der Waals surface area contributed by atoms with Crippen LogP contribution in [-0.4, -0.2) is 42.4 Å². The molecule has 0 aromatic heterocycles. The van der Waals surface area contributed by atoms with E-state index < -0.39 is 0 Å². The molecule has 0 saturated carbocycles. The summed E-state index contributed by atoms with van der Waals surface area (Å²) in [6.45, 7) is 34.7. The molecule has 0 heterocycles. The zero-order valence-corrected chi connectivity index (χ0v) is 40.1. The first-order chi connectivity index (χ1) is 28.1. The van der Waals surface area contributed by atoms with Gasteiger partial charge in [0.1, 0.15) is 17.2 Å². The van der Waals surface area contributed by atoms with E-state index in [1.807, 2.05) is 0 Å². The van der Waals surface area contributed by atoms with Crippen molar-refractivity contribution in [2.45, 2.75) is 146 Å². The second-order valence-electron chi connectivity index (χ2n) is 19.7. The molecule has 60 heavy (non-hydrogen) atoms. The fourth-order valence-electron chi connectivity index (χ4n) is 8.77. The van der Waals surface area contributed by atoms with Crippen molar-refractivity contribution in [2.24, 2.45) is 0 Å². The molecule has 0 aliphatic heterocycles. The van der Waals surface area contributed by atoms with Gasteiger partial charge >= 0.3 is 0 Å². The molecule has 0 aliphatic carbocycles. The van der Waals surface area contributed by atoms with Gasteiger partial charge in [0.25, 0.3) is 0 Å². The highest BCUT2D eigenvalue weighted by Crippen LogP contribution is 2.52. The Hall–Kier alpha value is -4.54. The summed E-state index contributed by atoms with van der Waals surface area (Å²) in [7, 11) is 4.16. The van der Waals surface area contributed by atoms with E-state index in [1.165, 1.54) is 33.4 Å². The quantitative estimate of drug-likeness (QED) is 0.103. The van der Waals surface area contributed by atoms with E-state index in [9.17, 15) is 10.2 Å². The Labute approximate surface area is 364 Å². The third kappa shape index (κ3) is 9.81. The van der Waals surface area contributed by atoms with Crippen LogP contribution in [0.3, 0.4) is 0 Å². The van der Waals surface area contributed by atoms with Crippen LogP contribution < -0.4 is 4.74 Å². The molecule has 0 bridgehead atoms. The Morgan fingerprint density at radius 1 is 0.433 bits per heavy atom. The van der Waals surface area contributed by atoms with Crippen molar-refractivity contribution in [3.8, 4) is 61.8 Å². The van der Waals surface area contributed by atoms with Gasteiger partial charge in [-0.05, 0) is 174 Å². The molecule has 0 radical (unpaired) electrons. The monoisotopic (exact) mass is 810 g/mol. The van der Waals surface area contributed by atoms with E-state index in [0.717, 1.165) is 74.2 Å². The Balaban J connectivity index is 1.87. The zero-order valence-electron chi connectivity index (χ0n) is 40.1. The lowest BCUT2D eigenvalue weighted by atomic mass is 9.80. The molecular formula is C56H75NO3. The number of phenolic OH excluding ortho intramolecular Hbond substituents is 2. The molecule has 0 atom stereocenters. The smallest absolute Gasteiger partial charge is 0.135 e. The standard InChI is InChI=1S/C56H75NO3/c1-31(2)40-27-42(33(5)6)52(43(28-40)34(7)8)50-25-37(13)21-46(54(50)58)48-23-39(15)24-49(56(48)60-20-18-19-57(16)17)47-22-38(14)26-51(55(47)59)53-44(35(9)10)29-41(32(3)4)30-45(53)36(11)12/h21-36,58-59H,18-20H2,1-17H3. The van der Waals surface area contributed by atoms with E-state index in [4.69, 9.17) is 4.74 Å². The summed E-state index contributed by atoms with van der Waals surface area (Å²) in [4.78, 5) is 2.17. The molecule has 5 aromatic rings. The normalized spacial score (nSPS) is 12.1. The van der Waals surface area contributed by atoms with Gasteiger partial charge in [0.05, 0.1) is 6.61 Å². The van der Waals surface area contributed by atoms with Crippen molar-refractivity contribution in [3.63, 3.8) is 0 Å². The highest BCUT2D eigenvalue weighted by Gasteiger charge is 2.28. The van der Waals surface area contributed by atoms with E-state index in [1.54, 1.807) is 0 Å². The summed E-state index contributed by atoms with van der Waals surface area (Å²) in [6.07, 6.45) is 0.825. The fraction of sp³-hybridized carbons (Fsp3) is 0.464. The highest BCUT2D eigenvalue weighted by atomic mass is 16.5. The summed E-state index contributed by atoms with van der Waals surface area (Å²) < 4.78 is 6.95. The molecule has 0 spiro atoms. The lowest BCUT2D eigenvalue weighted by molar-refractivity contribution is 0.283. The maximum Gasteiger partial charge on any atom is 0.135 e. The average molecular weight is 810 g/mol.